The smallest absolute Gasteiger partial charge is 0.261 e. The van der Waals surface area contributed by atoms with Crippen molar-refractivity contribution in [2.24, 2.45) is 0 Å². The van der Waals surface area contributed by atoms with Gasteiger partial charge in [0.15, 0.2) is 0 Å². The number of nitrogens with zero attached hydrogens (tertiary/aromatic N) is 3. The molecule has 6 nitrogen and oxygen atoms in total. The van der Waals surface area contributed by atoms with Crippen molar-refractivity contribution in [1.82, 2.24) is 14.5 Å². The van der Waals surface area contributed by atoms with E-state index < -0.39 is 0 Å². The quantitative estimate of drug-likeness (QED) is 0.455. The van der Waals surface area contributed by atoms with Crippen molar-refractivity contribution < 1.29 is 9.21 Å². The lowest BCUT2D eigenvalue weighted by Gasteiger charge is -2.23. The summed E-state index contributed by atoms with van der Waals surface area (Å²) in [7, 11) is 1.77. The van der Waals surface area contributed by atoms with Crippen LogP contribution >= 0.6 is 0 Å². The second kappa shape index (κ2) is 8.26. The highest BCUT2D eigenvalue weighted by Crippen LogP contribution is 2.28. The van der Waals surface area contributed by atoms with E-state index in [1.165, 1.54) is 0 Å². The molecule has 2 aromatic carbocycles. The van der Waals surface area contributed by atoms with Gasteiger partial charge in [-0.3, -0.25) is 14.2 Å². The van der Waals surface area contributed by atoms with E-state index in [0.29, 0.717) is 16.5 Å². The average Bonchev–Trinajstić information content (AvgIpc) is 3.23. The molecule has 0 saturated heterocycles. The van der Waals surface area contributed by atoms with Gasteiger partial charge in [-0.1, -0.05) is 31.0 Å². The lowest BCUT2D eigenvalue weighted by atomic mass is 10.1. The number of carbonyl (C=O) groups is 1. The Morgan fingerprint density at radius 1 is 1.09 bits per heavy atom. The standard InChI is InChI=1S/C26H27N3O3/c1-17(23-16-18-9-6-7-10-22(18)32-23)28(2)25(30)19-12-13-20-21(15-19)27-24-11-5-3-4-8-14-29(24)26(20)31/h6-7,9-10,12-13,15-17H,3-5,8,11,14H2,1-2H3. The molecule has 1 amide bonds. The van der Waals surface area contributed by atoms with Crippen LogP contribution in [0.5, 0.6) is 0 Å². The van der Waals surface area contributed by atoms with Crippen LogP contribution in [-0.2, 0) is 13.0 Å². The SMILES string of the molecule is CC(c1cc2ccccc2o1)N(C)C(=O)c1ccc2c(=O)n3c(nc2c1)CCCCCC3. The second-order valence-electron chi connectivity index (χ2n) is 8.66. The van der Waals surface area contributed by atoms with E-state index in [-0.39, 0.29) is 17.5 Å². The summed E-state index contributed by atoms with van der Waals surface area (Å²) in [6.07, 6.45) is 5.14. The molecule has 0 N–H and O–H groups in total. The molecule has 1 aliphatic rings. The Morgan fingerprint density at radius 2 is 1.91 bits per heavy atom. The van der Waals surface area contributed by atoms with E-state index in [2.05, 4.69) is 0 Å². The van der Waals surface area contributed by atoms with E-state index in [4.69, 9.17) is 9.40 Å². The van der Waals surface area contributed by atoms with Crippen molar-refractivity contribution in [1.29, 1.82) is 0 Å². The maximum atomic E-state index is 13.3. The first-order valence-electron chi connectivity index (χ1n) is 11.3. The fraction of sp³-hybridized carbons (Fsp3) is 0.346. The summed E-state index contributed by atoms with van der Waals surface area (Å²) in [5.74, 6) is 1.44. The molecule has 5 rings (SSSR count). The van der Waals surface area contributed by atoms with Gasteiger partial charge in [0.1, 0.15) is 17.2 Å². The van der Waals surface area contributed by atoms with Crippen LogP contribution in [0.1, 0.15) is 60.6 Å². The van der Waals surface area contributed by atoms with Gasteiger partial charge in [0, 0.05) is 31.0 Å². The number of amides is 1. The highest BCUT2D eigenvalue weighted by Gasteiger charge is 2.23. The number of carbonyl (C=O) groups excluding carboxylic acids is 1. The second-order valence-corrected chi connectivity index (χ2v) is 8.66. The van der Waals surface area contributed by atoms with Gasteiger partial charge in [-0.25, -0.2) is 4.98 Å². The van der Waals surface area contributed by atoms with Crippen LogP contribution in [0.4, 0.5) is 0 Å². The summed E-state index contributed by atoms with van der Waals surface area (Å²) in [5.41, 5.74) is 1.92. The third-order valence-electron chi connectivity index (χ3n) is 6.57. The minimum Gasteiger partial charge on any atom is -0.459 e. The molecular formula is C26H27N3O3. The first-order valence-corrected chi connectivity index (χ1v) is 11.3. The van der Waals surface area contributed by atoms with Crippen LogP contribution in [0, 0.1) is 0 Å². The molecule has 0 fully saturated rings. The fourth-order valence-electron chi connectivity index (χ4n) is 4.51. The van der Waals surface area contributed by atoms with Crippen molar-refractivity contribution in [3.8, 4) is 0 Å². The van der Waals surface area contributed by atoms with Crippen LogP contribution in [0.15, 0.2) is 57.7 Å². The van der Waals surface area contributed by atoms with Gasteiger partial charge in [0.2, 0.25) is 0 Å². The van der Waals surface area contributed by atoms with Gasteiger partial charge >= 0.3 is 0 Å². The summed E-state index contributed by atoms with van der Waals surface area (Å²) >= 11 is 0. The molecule has 3 heterocycles. The first-order chi connectivity index (χ1) is 15.5. The number of rotatable bonds is 3. The topological polar surface area (TPSA) is 68.3 Å². The van der Waals surface area contributed by atoms with E-state index in [1.54, 1.807) is 30.1 Å². The molecule has 164 valence electrons. The molecule has 32 heavy (non-hydrogen) atoms. The lowest BCUT2D eigenvalue weighted by molar-refractivity contribution is 0.0727. The van der Waals surface area contributed by atoms with Gasteiger partial charge in [-0.05, 0) is 50.1 Å². The van der Waals surface area contributed by atoms with Crippen molar-refractivity contribution in [2.75, 3.05) is 7.05 Å². The molecule has 6 heteroatoms. The highest BCUT2D eigenvalue weighted by molar-refractivity contribution is 5.97. The summed E-state index contributed by atoms with van der Waals surface area (Å²) in [6.45, 7) is 2.67. The van der Waals surface area contributed by atoms with Crippen LogP contribution < -0.4 is 5.56 Å². The number of benzene rings is 2. The van der Waals surface area contributed by atoms with Gasteiger partial charge in [0.05, 0.1) is 16.9 Å². The van der Waals surface area contributed by atoms with E-state index in [1.807, 2.05) is 41.8 Å². The maximum Gasteiger partial charge on any atom is 0.261 e. The van der Waals surface area contributed by atoms with Crippen LogP contribution in [0.25, 0.3) is 21.9 Å². The van der Waals surface area contributed by atoms with E-state index in [9.17, 15) is 9.59 Å². The Bertz CT molecular complexity index is 1340. The average molecular weight is 430 g/mol. The zero-order valence-electron chi connectivity index (χ0n) is 18.5. The van der Waals surface area contributed by atoms with Crippen LogP contribution in [0.3, 0.4) is 0 Å². The predicted molar refractivity (Wildman–Crippen MR) is 125 cm³/mol. The van der Waals surface area contributed by atoms with Crippen LogP contribution in [-0.4, -0.2) is 27.4 Å². The number of aromatic nitrogens is 2. The molecule has 4 aromatic rings. The first kappa shape index (κ1) is 20.5. The summed E-state index contributed by atoms with van der Waals surface area (Å²) in [4.78, 5) is 32.8. The molecule has 0 saturated carbocycles. The lowest BCUT2D eigenvalue weighted by Crippen LogP contribution is -2.30. The molecule has 0 aliphatic carbocycles. The Balaban J connectivity index is 1.47. The predicted octanol–water partition coefficient (Wildman–Crippen LogP) is 5.09. The fourth-order valence-corrected chi connectivity index (χ4v) is 4.51. The van der Waals surface area contributed by atoms with Crippen LogP contribution in [0.2, 0.25) is 0 Å². The number of fused-ring (bicyclic) bond motifs is 3. The zero-order valence-corrected chi connectivity index (χ0v) is 18.5. The Morgan fingerprint density at radius 3 is 2.75 bits per heavy atom. The summed E-state index contributed by atoms with van der Waals surface area (Å²) in [6, 6.07) is 14.8. The molecule has 0 spiro atoms. The largest absolute Gasteiger partial charge is 0.459 e. The Labute approximate surface area is 186 Å². The van der Waals surface area contributed by atoms with Crippen molar-refractivity contribution in [3.63, 3.8) is 0 Å². The Hall–Kier alpha value is -3.41. The van der Waals surface area contributed by atoms with E-state index >= 15 is 0 Å². The van der Waals surface area contributed by atoms with Crippen molar-refractivity contribution in [3.05, 3.63) is 76.0 Å². The molecule has 2 aromatic heterocycles. The third-order valence-corrected chi connectivity index (χ3v) is 6.57. The minimum atomic E-state index is -0.236. The molecule has 0 bridgehead atoms. The summed E-state index contributed by atoms with van der Waals surface area (Å²) in [5, 5.41) is 1.58. The van der Waals surface area contributed by atoms with Gasteiger partial charge < -0.3 is 9.32 Å². The number of para-hydroxylation sites is 1. The van der Waals surface area contributed by atoms with Crippen molar-refractivity contribution in [2.45, 2.75) is 51.6 Å². The van der Waals surface area contributed by atoms with Gasteiger partial charge in [-0.15, -0.1) is 0 Å². The number of furan rings is 1. The summed E-state index contributed by atoms with van der Waals surface area (Å²) < 4.78 is 7.78. The van der Waals surface area contributed by atoms with E-state index in [0.717, 1.165) is 61.2 Å². The van der Waals surface area contributed by atoms with Gasteiger partial charge in [-0.2, -0.15) is 0 Å². The maximum absolute atomic E-state index is 13.3. The van der Waals surface area contributed by atoms with Gasteiger partial charge in [0.25, 0.3) is 11.5 Å². The monoisotopic (exact) mass is 429 g/mol. The zero-order chi connectivity index (χ0) is 22.2. The number of aryl methyl sites for hydroxylation is 1. The number of hydrogen-bond donors (Lipinski definition) is 0. The third kappa shape index (κ3) is 3.60. The molecule has 1 unspecified atom stereocenters. The normalized spacial score (nSPS) is 15.2. The van der Waals surface area contributed by atoms with Crippen molar-refractivity contribution >= 4 is 27.8 Å². The minimum absolute atomic E-state index is 0.00472. The molecule has 1 aliphatic heterocycles. The Kier molecular flexibility index (Phi) is 5.29. The molecule has 0 radical (unpaired) electrons. The highest BCUT2D eigenvalue weighted by atomic mass is 16.3. The molecule has 1 atom stereocenters. The number of hydrogen-bond acceptors (Lipinski definition) is 4. The molecular weight excluding hydrogens is 402 g/mol.